The molecule has 0 aliphatic carbocycles. The van der Waals surface area contributed by atoms with E-state index >= 15 is 0 Å². The van der Waals surface area contributed by atoms with E-state index in [1.54, 1.807) is 12.3 Å². The smallest absolute Gasteiger partial charge is 0.140 e. The van der Waals surface area contributed by atoms with Crippen molar-refractivity contribution in [2.75, 3.05) is 13.2 Å². The molecule has 1 heterocycles. The van der Waals surface area contributed by atoms with Crippen LogP contribution in [-0.2, 0) is 11.3 Å². The summed E-state index contributed by atoms with van der Waals surface area (Å²) in [5.41, 5.74) is 1.41. The lowest BCUT2D eigenvalue weighted by atomic mass is 10.2. The lowest BCUT2D eigenvalue weighted by Gasteiger charge is -2.08. The van der Waals surface area contributed by atoms with Crippen molar-refractivity contribution in [2.24, 2.45) is 0 Å². The van der Waals surface area contributed by atoms with Crippen molar-refractivity contribution in [3.05, 3.63) is 29.6 Å². The molecule has 0 spiro atoms. The summed E-state index contributed by atoms with van der Waals surface area (Å²) in [4.78, 5) is 3.90. The number of ether oxygens (including phenoxy) is 1. The Balaban J connectivity index is 2.24. The van der Waals surface area contributed by atoms with Gasteiger partial charge in [-0.1, -0.05) is 13.8 Å². The van der Waals surface area contributed by atoms with Crippen molar-refractivity contribution in [1.29, 1.82) is 5.26 Å². The summed E-state index contributed by atoms with van der Waals surface area (Å²) in [5, 5.41) is 11.9. The SMILES string of the molecule is CC(C)NCCOCc1ccnc(C#N)c1. The molecule has 0 aliphatic heterocycles. The van der Waals surface area contributed by atoms with Crippen LogP contribution in [0.4, 0.5) is 0 Å². The third kappa shape index (κ3) is 4.87. The van der Waals surface area contributed by atoms with E-state index in [-0.39, 0.29) is 0 Å². The number of pyridine rings is 1. The second-order valence-corrected chi connectivity index (χ2v) is 3.82. The number of aromatic nitrogens is 1. The van der Waals surface area contributed by atoms with Crippen LogP contribution in [0.25, 0.3) is 0 Å². The molecule has 0 amide bonds. The Morgan fingerprint density at radius 1 is 1.56 bits per heavy atom. The van der Waals surface area contributed by atoms with Crippen molar-refractivity contribution >= 4 is 0 Å². The van der Waals surface area contributed by atoms with Gasteiger partial charge in [0.1, 0.15) is 11.8 Å². The van der Waals surface area contributed by atoms with Crippen LogP contribution in [0.2, 0.25) is 0 Å². The number of rotatable bonds is 6. The average Bonchev–Trinajstić information content (AvgIpc) is 2.28. The first-order valence-corrected chi connectivity index (χ1v) is 5.38. The van der Waals surface area contributed by atoms with E-state index in [2.05, 4.69) is 24.1 Å². The fourth-order valence-electron chi connectivity index (χ4n) is 1.24. The average molecular weight is 219 g/mol. The molecule has 1 N–H and O–H groups in total. The third-order valence-electron chi connectivity index (χ3n) is 2.01. The molecule has 86 valence electrons. The summed E-state index contributed by atoms with van der Waals surface area (Å²) in [7, 11) is 0. The molecule has 4 heteroatoms. The molecule has 0 aliphatic rings. The van der Waals surface area contributed by atoms with Gasteiger partial charge in [0.2, 0.25) is 0 Å². The first-order chi connectivity index (χ1) is 7.72. The van der Waals surface area contributed by atoms with E-state index in [1.807, 2.05) is 12.1 Å². The lowest BCUT2D eigenvalue weighted by molar-refractivity contribution is 0.121. The van der Waals surface area contributed by atoms with E-state index in [0.29, 0.717) is 24.9 Å². The molecule has 0 bridgehead atoms. The number of nitrogens with one attached hydrogen (secondary N) is 1. The quantitative estimate of drug-likeness (QED) is 0.736. The largest absolute Gasteiger partial charge is 0.375 e. The van der Waals surface area contributed by atoms with Gasteiger partial charge in [-0.25, -0.2) is 4.98 Å². The minimum absolute atomic E-state index is 0.432. The standard InChI is InChI=1S/C12H17N3O/c1-10(2)14-5-6-16-9-11-3-4-15-12(7-11)8-13/h3-4,7,10,14H,5-6,9H2,1-2H3. The number of hydrogen-bond donors (Lipinski definition) is 1. The van der Waals surface area contributed by atoms with Gasteiger partial charge in [0, 0.05) is 18.8 Å². The maximum atomic E-state index is 8.67. The fraction of sp³-hybridized carbons (Fsp3) is 0.500. The molecular weight excluding hydrogens is 202 g/mol. The normalized spacial score (nSPS) is 10.4. The summed E-state index contributed by atoms with van der Waals surface area (Å²) in [6.45, 7) is 6.23. The third-order valence-corrected chi connectivity index (χ3v) is 2.01. The van der Waals surface area contributed by atoms with Gasteiger partial charge < -0.3 is 10.1 Å². The number of nitrogens with zero attached hydrogens (tertiary/aromatic N) is 2. The van der Waals surface area contributed by atoms with Crippen LogP contribution < -0.4 is 5.32 Å². The van der Waals surface area contributed by atoms with E-state index in [4.69, 9.17) is 10.00 Å². The van der Waals surface area contributed by atoms with Crippen molar-refractivity contribution < 1.29 is 4.74 Å². The summed E-state index contributed by atoms with van der Waals surface area (Å²) in [5.74, 6) is 0. The Morgan fingerprint density at radius 2 is 2.38 bits per heavy atom. The van der Waals surface area contributed by atoms with Crippen LogP contribution in [-0.4, -0.2) is 24.2 Å². The second-order valence-electron chi connectivity index (χ2n) is 3.82. The summed E-state index contributed by atoms with van der Waals surface area (Å²) in [6, 6.07) is 6.09. The minimum Gasteiger partial charge on any atom is -0.375 e. The summed E-state index contributed by atoms with van der Waals surface area (Å²) >= 11 is 0. The predicted octanol–water partition coefficient (Wildman–Crippen LogP) is 1.47. The van der Waals surface area contributed by atoms with Crippen LogP contribution in [0.3, 0.4) is 0 Å². The zero-order valence-electron chi connectivity index (χ0n) is 9.73. The molecule has 1 aromatic rings. The molecule has 0 atom stereocenters. The predicted molar refractivity (Wildman–Crippen MR) is 61.7 cm³/mol. The van der Waals surface area contributed by atoms with Crippen molar-refractivity contribution in [2.45, 2.75) is 26.5 Å². The van der Waals surface area contributed by atoms with Crippen molar-refractivity contribution in [3.63, 3.8) is 0 Å². The molecule has 0 fully saturated rings. The highest BCUT2D eigenvalue weighted by Gasteiger charge is 1.97. The molecule has 0 unspecified atom stereocenters. The van der Waals surface area contributed by atoms with Gasteiger partial charge in [-0.15, -0.1) is 0 Å². The molecule has 0 radical (unpaired) electrons. The zero-order chi connectivity index (χ0) is 11.8. The summed E-state index contributed by atoms with van der Waals surface area (Å²) in [6.07, 6.45) is 1.63. The summed E-state index contributed by atoms with van der Waals surface area (Å²) < 4.78 is 5.47. The van der Waals surface area contributed by atoms with E-state index in [0.717, 1.165) is 12.1 Å². The van der Waals surface area contributed by atoms with Crippen LogP contribution in [0, 0.1) is 11.3 Å². The van der Waals surface area contributed by atoms with Crippen molar-refractivity contribution in [1.82, 2.24) is 10.3 Å². The molecule has 0 aromatic carbocycles. The monoisotopic (exact) mass is 219 g/mol. The van der Waals surface area contributed by atoms with E-state index < -0.39 is 0 Å². The first kappa shape index (κ1) is 12.6. The fourth-order valence-corrected chi connectivity index (χ4v) is 1.24. The lowest BCUT2D eigenvalue weighted by Crippen LogP contribution is -2.26. The van der Waals surface area contributed by atoms with Gasteiger partial charge in [0.25, 0.3) is 0 Å². The Morgan fingerprint density at radius 3 is 3.06 bits per heavy atom. The van der Waals surface area contributed by atoms with Crippen LogP contribution in [0.5, 0.6) is 0 Å². The molecule has 0 saturated carbocycles. The Hall–Kier alpha value is -1.44. The van der Waals surface area contributed by atoms with Gasteiger partial charge in [-0.3, -0.25) is 0 Å². The first-order valence-electron chi connectivity index (χ1n) is 5.38. The highest BCUT2D eigenvalue weighted by atomic mass is 16.5. The van der Waals surface area contributed by atoms with Crippen LogP contribution >= 0.6 is 0 Å². The minimum atomic E-state index is 0.432. The molecular formula is C12H17N3O. The maximum absolute atomic E-state index is 8.67. The van der Waals surface area contributed by atoms with Gasteiger partial charge in [-0.2, -0.15) is 5.26 Å². The molecule has 1 aromatic heterocycles. The Bertz CT molecular complexity index is 358. The number of nitriles is 1. The van der Waals surface area contributed by atoms with Gasteiger partial charge in [0.15, 0.2) is 0 Å². The van der Waals surface area contributed by atoms with Gasteiger partial charge in [0.05, 0.1) is 13.2 Å². The van der Waals surface area contributed by atoms with Gasteiger partial charge in [-0.05, 0) is 17.7 Å². The van der Waals surface area contributed by atoms with E-state index in [9.17, 15) is 0 Å². The zero-order valence-corrected chi connectivity index (χ0v) is 9.73. The number of hydrogen-bond acceptors (Lipinski definition) is 4. The van der Waals surface area contributed by atoms with Crippen molar-refractivity contribution in [3.8, 4) is 6.07 Å². The topological polar surface area (TPSA) is 57.9 Å². The Labute approximate surface area is 96.3 Å². The van der Waals surface area contributed by atoms with Crippen LogP contribution in [0.15, 0.2) is 18.3 Å². The Kier molecular flexibility index (Phi) is 5.48. The second kappa shape index (κ2) is 6.94. The highest BCUT2D eigenvalue weighted by molar-refractivity contribution is 5.24. The van der Waals surface area contributed by atoms with E-state index in [1.165, 1.54) is 0 Å². The van der Waals surface area contributed by atoms with Crippen LogP contribution in [0.1, 0.15) is 25.1 Å². The highest BCUT2D eigenvalue weighted by Crippen LogP contribution is 2.02. The molecule has 1 rings (SSSR count). The van der Waals surface area contributed by atoms with Gasteiger partial charge >= 0.3 is 0 Å². The molecule has 0 saturated heterocycles. The molecule has 4 nitrogen and oxygen atoms in total. The molecule has 16 heavy (non-hydrogen) atoms. The maximum Gasteiger partial charge on any atom is 0.140 e.